The van der Waals surface area contributed by atoms with E-state index in [9.17, 15) is 18.4 Å². The first-order chi connectivity index (χ1) is 12.9. The standard InChI is InChI=1S/C19H13ClF2N2O2S/c1-23-18-17(27-19(23)26)12(16-13(20)3-2-4-14(16)22)9-15(25)24(18)11-7-5-10(21)6-8-11/h2-8,12H,9H2,1H3/t12-/m0/s1. The van der Waals surface area contributed by atoms with Crippen molar-refractivity contribution in [3.05, 3.63) is 79.2 Å². The van der Waals surface area contributed by atoms with Gasteiger partial charge in [-0.1, -0.05) is 29.0 Å². The second kappa shape index (κ2) is 6.58. The van der Waals surface area contributed by atoms with Crippen molar-refractivity contribution in [2.45, 2.75) is 12.3 Å². The van der Waals surface area contributed by atoms with Crippen LogP contribution in [0.25, 0.3) is 0 Å². The van der Waals surface area contributed by atoms with E-state index in [0.29, 0.717) is 16.4 Å². The minimum Gasteiger partial charge on any atom is -0.288 e. The van der Waals surface area contributed by atoms with Crippen LogP contribution in [0.2, 0.25) is 5.02 Å². The number of carbonyl (C=O) groups excluding carboxylic acids is 1. The molecule has 4 nitrogen and oxygen atoms in total. The Bertz CT molecular complexity index is 1090. The second-order valence-electron chi connectivity index (χ2n) is 6.21. The van der Waals surface area contributed by atoms with Crippen LogP contribution in [-0.2, 0) is 11.8 Å². The quantitative estimate of drug-likeness (QED) is 0.625. The minimum absolute atomic E-state index is 0.0506. The molecule has 0 unspecified atom stereocenters. The summed E-state index contributed by atoms with van der Waals surface area (Å²) in [6.45, 7) is 0. The Morgan fingerprint density at radius 2 is 1.81 bits per heavy atom. The highest BCUT2D eigenvalue weighted by atomic mass is 35.5. The van der Waals surface area contributed by atoms with Crippen LogP contribution in [-0.4, -0.2) is 10.5 Å². The number of carbonyl (C=O) groups is 1. The molecule has 2 heterocycles. The number of hydrogen-bond donors (Lipinski definition) is 0. The number of halogens is 3. The molecule has 1 amide bonds. The molecule has 0 radical (unpaired) electrons. The van der Waals surface area contributed by atoms with Crippen molar-refractivity contribution < 1.29 is 13.6 Å². The zero-order valence-electron chi connectivity index (χ0n) is 14.1. The molecule has 0 saturated heterocycles. The third kappa shape index (κ3) is 2.87. The maximum Gasteiger partial charge on any atom is 0.308 e. The number of benzene rings is 2. The van der Waals surface area contributed by atoms with E-state index in [-0.39, 0.29) is 27.8 Å². The van der Waals surface area contributed by atoms with Crippen molar-refractivity contribution in [1.29, 1.82) is 0 Å². The van der Waals surface area contributed by atoms with Crippen LogP contribution in [0.4, 0.5) is 20.3 Å². The number of thiazole rings is 1. The molecule has 0 N–H and O–H groups in total. The molecule has 1 aliphatic heterocycles. The van der Waals surface area contributed by atoms with Gasteiger partial charge in [0, 0.05) is 30.0 Å². The molecule has 1 aromatic heterocycles. The Hall–Kier alpha value is -2.51. The van der Waals surface area contributed by atoms with Gasteiger partial charge in [-0.2, -0.15) is 0 Å². The Morgan fingerprint density at radius 3 is 2.48 bits per heavy atom. The van der Waals surface area contributed by atoms with Crippen LogP contribution in [0, 0.1) is 11.6 Å². The van der Waals surface area contributed by atoms with Crippen molar-refractivity contribution in [1.82, 2.24) is 4.57 Å². The summed E-state index contributed by atoms with van der Waals surface area (Å²) in [4.78, 5) is 27.0. The van der Waals surface area contributed by atoms with E-state index in [2.05, 4.69) is 0 Å². The van der Waals surface area contributed by atoms with Gasteiger partial charge in [0.15, 0.2) is 0 Å². The Balaban J connectivity index is 1.94. The fraction of sp³-hybridized carbons (Fsp3) is 0.158. The van der Waals surface area contributed by atoms with Gasteiger partial charge in [0.25, 0.3) is 0 Å². The average Bonchev–Trinajstić information content (AvgIpc) is 2.92. The summed E-state index contributed by atoms with van der Waals surface area (Å²) >= 11 is 7.16. The van der Waals surface area contributed by atoms with Gasteiger partial charge in [0.2, 0.25) is 5.91 Å². The number of aromatic nitrogens is 1. The summed E-state index contributed by atoms with van der Waals surface area (Å²) in [6, 6.07) is 9.75. The van der Waals surface area contributed by atoms with Crippen LogP contribution in [0.1, 0.15) is 22.8 Å². The number of fused-ring (bicyclic) bond motifs is 1. The number of anilines is 2. The number of rotatable bonds is 2. The molecule has 2 aromatic carbocycles. The summed E-state index contributed by atoms with van der Waals surface area (Å²) in [7, 11) is 1.55. The molecular formula is C19H13ClF2N2O2S. The molecule has 4 rings (SSSR count). The molecule has 27 heavy (non-hydrogen) atoms. The molecule has 0 saturated carbocycles. The first-order valence-corrected chi connectivity index (χ1v) is 9.30. The fourth-order valence-corrected chi connectivity index (χ4v) is 4.73. The predicted molar refractivity (Wildman–Crippen MR) is 101 cm³/mol. The highest BCUT2D eigenvalue weighted by Crippen LogP contribution is 2.46. The van der Waals surface area contributed by atoms with Crippen molar-refractivity contribution in [2.75, 3.05) is 4.90 Å². The van der Waals surface area contributed by atoms with E-state index in [1.54, 1.807) is 13.1 Å². The van der Waals surface area contributed by atoms with Gasteiger partial charge in [-0.05, 0) is 36.4 Å². The SMILES string of the molecule is Cn1c2c(sc1=O)[C@H](c1c(F)cccc1Cl)CC(=O)N2c1ccc(F)cc1. The Labute approximate surface area is 162 Å². The van der Waals surface area contributed by atoms with Crippen LogP contribution in [0.5, 0.6) is 0 Å². The zero-order valence-corrected chi connectivity index (χ0v) is 15.7. The predicted octanol–water partition coefficient (Wildman–Crippen LogP) is 4.58. The lowest BCUT2D eigenvalue weighted by Crippen LogP contribution is -2.35. The normalized spacial score (nSPS) is 16.5. The molecule has 1 aliphatic rings. The molecule has 138 valence electrons. The summed E-state index contributed by atoms with van der Waals surface area (Å²) in [5.41, 5.74) is 0.642. The molecule has 0 spiro atoms. The zero-order chi connectivity index (χ0) is 19.3. The lowest BCUT2D eigenvalue weighted by molar-refractivity contribution is -0.118. The fourth-order valence-electron chi connectivity index (χ4n) is 3.36. The molecule has 8 heteroatoms. The Morgan fingerprint density at radius 1 is 1.11 bits per heavy atom. The van der Waals surface area contributed by atoms with Gasteiger partial charge in [0.1, 0.15) is 17.5 Å². The Kier molecular flexibility index (Phi) is 4.36. The molecular weight excluding hydrogens is 394 g/mol. The summed E-state index contributed by atoms with van der Waals surface area (Å²) in [5.74, 6) is -1.58. The van der Waals surface area contributed by atoms with Crippen LogP contribution in [0.15, 0.2) is 47.3 Å². The van der Waals surface area contributed by atoms with Crippen LogP contribution < -0.4 is 9.77 Å². The van der Waals surface area contributed by atoms with Gasteiger partial charge >= 0.3 is 4.87 Å². The molecule has 3 aromatic rings. The minimum atomic E-state index is -0.656. The molecule has 0 bridgehead atoms. The monoisotopic (exact) mass is 406 g/mol. The van der Waals surface area contributed by atoms with Crippen molar-refractivity contribution in [2.24, 2.45) is 7.05 Å². The third-order valence-electron chi connectivity index (χ3n) is 4.60. The second-order valence-corrected chi connectivity index (χ2v) is 7.61. The van der Waals surface area contributed by atoms with Gasteiger partial charge in [-0.3, -0.25) is 19.1 Å². The van der Waals surface area contributed by atoms with Crippen molar-refractivity contribution in [3.8, 4) is 0 Å². The van der Waals surface area contributed by atoms with E-state index >= 15 is 0 Å². The number of amides is 1. The third-order valence-corrected chi connectivity index (χ3v) is 6.06. The summed E-state index contributed by atoms with van der Waals surface area (Å²) in [5, 5.41) is 0.206. The topological polar surface area (TPSA) is 42.3 Å². The number of hydrogen-bond acceptors (Lipinski definition) is 3. The van der Waals surface area contributed by atoms with Crippen molar-refractivity contribution >= 4 is 40.4 Å². The van der Waals surface area contributed by atoms with Gasteiger partial charge in [-0.25, -0.2) is 8.78 Å². The van der Waals surface area contributed by atoms with Gasteiger partial charge in [-0.15, -0.1) is 0 Å². The smallest absolute Gasteiger partial charge is 0.288 e. The average molecular weight is 407 g/mol. The maximum atomic E-state index is 14.5. The molecule has 0 fully saturated rings. The highest BCUT2D eigenvalue weighted by molar-refractivity contribution is 7.10. The van der Waals surface area contributed by atoms with Gasteiger partial charge in [0.05, 0.1) is 10.6 Å². The summed E-state index contributed by atoms with van der Waals surface area (Å²) in [6.07, 6.45) is -0.0506. The van der Waals surface area contributed by atoms with Crippen molar-refractivity contribution in [3.63, 3.8) is 0 Å². The van der Waals surface area contributed by atoms with E-state index < -0.39 is 17.6 Å². The van der Waals surface area contributed by atoms with Gasteiger partial charge < -0.3 is 0 Å². The highest BCUT2D eigenvalue weighted by Gasteiger charge is 2.39. The lowest BCUT2D eigenvalue weighted by Gasteiger charge is -2.32. The van der Waals surface area contributed by atoms with E-state index in [4.69, 9.17) is 11.6 Å². The van der Waals surface area contributed by atoms with E-state index in [1.165, 1.54) is 45.9 Å². The lowest BCUT2D eigenvalue weighted by atomic mass is 9.90. The maximum absolute atomic E-state index is 14.5. The summed E-state index contributed by atoms with van der Waals surface area (Å²) < 4.78 is 29.1. The van der Waals surface area contributed by atoms with E-state index in [0.717, 1.165) is 11.3 Å². The molecule has 1 atom stereocenters. The first kappa shape index (κ1) is 17.9. The number of nitrogens with zero attached hydrogens (tertiary/aromatic N) is 2. The molecule has 0 aliphatic carbocycles. The van der Waals surface area contributed by atoms with Crippen LogP contribution >= 0.6 is 22.9 Å². The van der Waals surface area contributed by atoms with E-state index in [1.807, 2.05) is 0 Å². The first-order valence-electron chi connectivity index (χ1n) is 8.10. The van der Waals surface area contributed by atoms with Crippen LogP contribution in [0.3, 0.4) is 0 Å². The largest absolute Gasteiger partial charge is 0.308 e.